The van der Waals surface area contributed by atoms with Crippen LogP contribution in [-0.4, -0.2) is 30.3 Å². The number of phenols is 1. The van der Waals surface area contributed by atoms with E-state index in [0.29, 0.717) is 17.8 Å². The van der Waals surface area contributed by atoms with Crippen molar-refractivity contribution in [3.8, 4) is 5.75 Å². The lowest BCUT2D eigenvalue weighted by Crippen LogP contribution is -2.49. The van der Waals surface area contributed by atoms with Gasteiger partial charge in [0.25, 0.3) is 5.91 Å². The molecule has 0 bridgehead atoms. The van der Waals surface area contributed by atoms with Crippen molar-refractivity contribution in [3.63, 3.8) is 0 Å². The number of nitrogens with one attached hydrogen (secondary N) is 1. The van der Waals surface area contributed by atoms with E-state index in [9.17, 15) is 9.90 Å². The molecule has 5 nitrogen and oxygen atoms in total. The van der Waals surface area contributed by atoms with Crippen LogP contribution < -0.4 is 11.1 Å². The summed E-state index contributed by atoms with van der Waals surface area (Å²) in [5, 5.41) is 12.2. The Kier molecular flexibility index (Phi) is 3.43. The van der Waals surface area contributed by atoms with Crippen molar-refractivity contribution < 1.29 is 14.6 Å². The van der Waals surface area contributed by atoms with E-state index in [-0.39, 0.29) is 17.3 Å². The molecule has 1 saturated carbocycles. The van der Waals surface area contributed by atoms with Gasteiger partial charge in [0, 0.05) is 19.3 Å². The van der Waals surface area contributed by atoms with Crippen LogP contribution in [0.5, 0.6) is 5.75 Å². The number of nitrogens with two attached hydrogens (primary N) is 1. The first kappa shape index (κ1) is 12.7. The number of hydrogen-bond donors (Lipinski definition) is 3. The lowest BCUT2D eigenvalue weighted by atomic mass is 9.80. The highest BCUT2D eigenvalue weighted by Gasteiger charge is 2.37. The minimum Gasteiger partial charge on any atom is -0.508 e. The van der Waals surface area contributed by atoms with Crippen LogP contribution in [0.3, 0.4) is 0 Å². The number of aromatic hydroxyl groups is 1. The maximum Gasteiger partial charge on any atom is 0.253 e. The van der Waals surface area contributed by atoms with Crippen LogP contribution in [0.15, 0.2) is 18.2 Å². The third-order valence-corrected chi connectivity index (χ3v) is 3.55. The number of phenolic OH excluding ortho intramolecular Hbond substituents is 1. The Bertz CT molecular complexity index is 450. The standard InChI is InChI=1S/C13H18N2O3/c1-18-13(5-2-6-13)8-15-12(17)10-7-9(16)3-4-11(10)14/h3-4,7,16H,2,5-6,8,14H2,1H3,(H,15,17). The lowest BCUT2D eigenvalue weighted by molar-refractivity contribution is -0.0679. The summed E-state index contributed by atoms with van der Waals surface area (Å²) in [6, 6.07) is 4.33. The largest absolute Gasteiger partial charge is 0.508 e. The summed E-state index contributed by atoms with van der Waals surface area (Å²) in [5.74, 6) is -0.258. The Hall–Kier alpha value is -1.75. The summed E-state index contributed by atoms with van der Waals surface area (Å²) >= 11 is 0. The molecule has 0 saturated heterocycles. The molecule has 0 radical (unpaired) electrons. The molecule has 1 aliphatic rings. The summed E-state index contributed by atoms with van der Waals surface area (Å²) < 4.78 is 5.42. The fourth-order valence-corrected chi connectivity index (χ4v) is 2.10. The van der Waals surface area contributed by atoms with Gasteiger partial charge in [-0.2, -0.15) is 0 Å². The molecule has 0 atom stereocenters. The van der Waals surface area contributed by atoms with E-state index >= 15 is 0 Å². The Labute approximate surface area is 106 Å². The summed E-state index contributed by atoms with van der Waals surface area (Å²) in [6.07, 6.45) is 3.04. The smallest absolute Gasteiger partial charge is 0.253 e. The van der Waals surface area contributed by atoms with Gasteiger partial charge in [-0.05, 0) is 37.5 Å². The van der Waals surface area contributed by atoms with E-state index < -0.39 is 0 Å². The predicted octanol–water partition coefficient (Wildman–Crippen LogP) is 1.27. The molecule has 5 heteroatoms. The number of amides is 1. The molecule has 0 aromatic heterocycles. The lowest BCUT2D eigenvalue weighted by Gasteiger charge is -2.40. The Morgan fingerprint density at radius 3 is 2.83 bits per heavy atom. The second kappa shape index (κ2) is 4.86. The quantitative estimate of drug-likeness (QED) is 0.555. The van der Waals surface area contributed by atoms with Crippen molar-refractivity contribution >= 4 is 11.6 Å². The number of methoxy groups -OCH3 is 1. The van der Waals surface area contributed by atoms with Gasteiger partial charge < -0.3 is 20.9 Å². The molecule has 0 heterocycles. The van der Waals surface area contributed by atoms with Gasteiger partial charge in [0.2, 0.25) is 0 Å². The topological polar surface area (TPSA) is 84.6 Å². The van der Waals surface area contributed by atoms with Crippen molar-refractivity contribution in [1.29, 1.82) is 0 Å². The number of ether oxygens (including phenoxy) is 1. The van der Waals surface area contributed by atoms with Crippen LogP contribution >= 0.6 is 0 Å². The summed E-state index contributed by atoms with van der Waals surface area (Å²) in [4.78, 5) is 12.0. The zero-order valence-corrected chi connectivity index (χ0v) is 10.4. The summed E-state index contributed by atoms with van der Waals surface area (Å²) in [6.45, 7) is 0.470. The van der Waals surface area contributed by atoms with Gasteiger partial charge in [-0.15, -0.1) is 0 Å². The second-order valence-corrected chi connectivity index (χ2v) is 4.69. The van der Waals surface area contributed by atoms with E-state index in [2.05, 4.69) is 5.32 Å². The highest BCUT2D eigenvalue weighted by molar-refractivity contribution is 5.99. The van der Waals surface area contributed by atoms with Gasteiger partial charge >= 0.3 is 0 Å². The number of hydrogen-bond acceptors (Lipinski definition) is 4. The second-order valence-electron chi connectivity index (χ2n) is 4.69. The molecule has 0 aliphatic heterocycles. The zero-order chi connectivity index (χ0) is 13.2. The van der Waals surface area contributed by atoms with E-state index in [1.165, 1.54) is 18.2 Å². The molecule has 1 amide bonds. The van der Waals surface area contributed by atoms with Crippen LogP contribution in [0, 0.1) is 0 Å². The Balaban J connectivity index is 2.01. The zero-order valence-electron chi connectivity index (χ0n) is 10.4. The average Bonchev–Trinajstić information content (AvgIpc) is 2.31. The molecule has 18 heavy (non-hydrogen) atoms. The van der Waals surface area contributed by atoms with E-state index in [4.69, 9.17) is 10.5 Å². The van der Waals surface area contributed by atoms with Crippen LogP contribution in [0.2, 0.25) is 0 Å². The summed E-state index contributed by atoms with van der Waals surface area (Å²) in [7, 11) is 1.66. The number of nitrogen functional groups attached to an aromatic ring is 1. The normalized spacial score (nSPS) is 16.9. The molecular formula is C13H18N2O3. The number of carbonyl (C=O) groups is 1. The van der Waals surface area contributed by atoms with Crippen LogP contribution in [0.4, 0.5) is 5.69 Å². The molecule has 0 unspecified atom stereocenters. The molecular weight excluding hydrogens is 232 g/mol. The first-order chi connectivity index (χ1) is 8.56. The van der Waals surface area contributed by atoms with Gasteiger partial charge in [-0.25, -0.2) is 0 Å². The highest BCUT2D eigenvalue weighted by atomic mass is 16.5. The number of carbonyl (C=O) groups excluding carboxylic acids is 1. The van der Waals surface area contributed by atoms with E-state index in [1.807, 2.05) is 0 Å². The number of benzene rings is 1. The van der Waals surface area contributed by atoms with Crippen molar-refractivity contribution in [1.82, 2.24) is 5.32 Å². The molecule has 1 aliphatic carbocycles. The van der Waals surface area contributed by atoms with E-state index in [1.54, 1.807) is 7.11 Å². The highest BCUT2D eigenvalue weighted by Crippen LogP contribution is 2.34. The van der Waals surface area contributed by atoms with Crippen molar-refractivity contribution in [3.05, 3.63) is 23.8 Å². The third-order valence-electron chi connectivity index (χ3n) is 3.55. The van der Waals surface area contributed by atoms with Gasteiger partial charge in [-0.3, -0.25) is 4.79 Å². The van der Waals surface area contributed by atoms with Crippen LogP contribution in [0.25, 0.3) is 0 Å². The molecule has 1 fully saturated rings. The number of rotatable bonds is 4. The summed E-state index contributed by atoms with van der Waals surface area (Å²) in [5.41, 5.74) is 6.13. The van der Waals surface area contributed by atoms with Gasteiger partial charge in [0.05, 0.1) is 11.2 Å². The van der Waals surface area contributed by atoms with Gasteiger partial charge in [-0.1, -0.05) is 0 Å². The van der Waals surface area contributed by atoms with Crippen molar-refractivity contribution in [2.24, 2.45) is 0 Å². The Morgan fingerprint density at radius 1 is 1.56 bits per heavy atom. The molecule has 4 N–H and O–H groups in total. The molecule has 98 valence electrons. The molecule has 1 aromatic carbocycles. The molecule has 1 aromatic rings. The SMILES string of the molecule is COC1(CNC(=O)c2cc(O)ccc2N)CCC1. The monoisotopic (exact) mass is 250 g/mol. The minimum atomic E-state index is -0.285. The van der Waals surface area contributed by atoms with Gasteiger partial charge in [0.15, 0.2) is 0 Å². The first-order valence-electron chi connectivity index (χ1n) is 5.98. The van der Waals surface area contributed by atoms with Gasteiger partial charge in [0.1, 0.15) is 5.75 Å². The predicted molar refractivity (Wildman–Crippen MR) is 68.4 cm³/mol. The van der Waals surface area contributed by atoms with Crippen molar-refractivity contribution in [2.45, 2.75) is 24.9 Å². The molecule has 0 spiro atoms. The maximum atomic E-state index is 12.0. The molecule has 2 rings (SSSR count). The minimum absolute atomic E-state index is 0.0273. The fourth-order valence-electron chi connectivity index (χ4n) is 2.10. The van der Waals surface area contributed by atoms with Crippen LogP contribution in [-0.2, 0) is 4.74 Å². The average molecular weight is 250 g/mol. The van der Waals surface area contributed by atoms with Crippen LogP contribution in [0.1, 0.15) is 29.6 Å². The maximum absolute atomic E-state index is 12.0. The first-order valence-corrected chi connectivity index (χ1v) is 5.98. The fraction of sp³-hybridized carbons (Fsp3) is 0.462. The Morgan fingerprint density at radius 2 is 2.28 bits per heavy atom. The number of anilines is 1. The van der Waals surface area contributed by atoms with Crippen molar-refractivity contribution in [2.75, 3.05) is 19.4 Å². The third kappa shape index (κ3) is 2.41. The van der Waals surface area contributed by atoms with E-state index in [0.717, 1.165) is 19.3 Å².